The third-order valence-corrected chi connectivity index (χ3v) is 8.36. The Morgan fingerprint density at radius 3 is 2.54 bits per heavy atom. The van der Waals surface area contributed by atoms with Crippen LogP contribution in [0.3, 0.4) is 0 Å². The maximum atomic E-state index is 13.2. The molecule has 2 aliphatic heterocycles. The number of halogens is 3. The Hall–Kier alpha value is -0.690. The van der Waals surface area contributed by atoms with Gasteiger partial charge in [-0.25, -0.2) is 0 Å². The summed E-state index contributed by atoms with van der Waals surface area (Å²) in [5.41, 5.74) is 0.579. The van der Waals surface area contributed by atoms with Crippen LogP contribution >= 0.6 is 11.8 Å². The predicted molar refractivity (Wildman–Crippen MR) is 108 cm³/mol. The van der Waals surface area contributed by atoms with Crippen LogP contribution in [-0.2, 0) is 6.18 Å². The van der Waals surface area contributed by atoms with Crippen molar-refractivity contribution >= 4 is 11.8 Å². The number of thioether (sulfide) groups is 1. The summed E-state index contributed by atoms with van der Waals surface area (Å²) in [6, 6.07) is 1.86. The van der Waals surface area contributed by atoms with E-state index in [0.717, 1.165) is 31.4 Å². The zero-order valence-electron chi connectivity index (χ0n) is 17.0. The Morgan fingerprint density at radius 1 is 1.18 bits per heavy atom. The van der Waals surface area contributed by atoms with Crippen molar-refractivity contribution in [1.82, 2.24) is 14.7 Å². The second-order valence-corrected chi connectivity index (χ2v) is 10.5. The number of hydrogen-bond acceptors (Lipinski definition) is 3. The fraction of sp³-hybridized carbons (Fsp3) is 0.857. The molecule has 2 saturated heterocycles. The lowest BCUT2D eigenvalue weighted by Gasteiger charge is -2.45. The minimum absolute atomic E-state index is 0.0503. The topological polar surface area (TPSA) is 21.1 Å². The largest absolute Gasteiger partial charge is 0.435 e. The highest BCUT2D eigenvalue weighted by Gasteiger charge is 2.41. The lowest BCUT2D eigenvalue weighted by Crippen LogP contribution is -2.49. The third-order valence-electron chi connectivity index (χ3n) is 7.05. The van der Waals surface area contributed by atoms with Crippen LogP contribution in [0.2, 0.25) is 0 Å². The van der Waals surface area contributed by atoms with Gasteiger partial charge in [-0.05, 0) is 82.6 Å². The molecular weight excluding hydrogens is 383 g/mol. The molecular formula is C21H32F3N3S. The number of rotatable bonds is 3. The van der Waals surface area contributed by atoms with E-state index >= 15 is 0 Å². The van der Waals surface area contributed by atoms with Crippen LogP contribution in [0, 0.1) is 5.41 Å². The summed E-state index contributed by atoms with van der Waals surface area (Å²) in [5.74, 6) is 2.82. The van der Waals surface area contributed by atoms with Crippen molar-refractivity contribution in [3.63, 3.8) is 0 Å². The van der Waals surface area contributed by atoms with Crippen molar-refractivity contribution < 1.29 is 13.2 Å². The first-order valence-corrected chi connectivity index (χ1v) is 11.9. The van der Waals surface area contributed by atoms with Gasteiger partial charge in [-0.3, -0.25) is 9.58 Å². The second kappa shape index (κ2) is 7.86. The third kappa shape index (κ3) is 4.11. The number of nitrogens with zero attached hydrogens (tertiary/aromatic N) is 3. The van der Waals surface area contributed by atoms with Crippen LogP contribution < -0.4 is 0 Å². The summed E-state index contributed by atoms with van der Waals surface area (Å²) < 4.78 is 41.1. The lowest BCUT2D eigenvalue weighted by molar-refractivity contribution is -0.141. The number of likely N-dealkylation sites (tertiary alicyclic amines) is 1. The molecule has 0 N–H and O–H groups in total. The zero-order chi connectivity index (χ0) is 19.9. The van der Waals surface area contributed by atoms with Crippen LogP contribution in [-0.4, -0.2) is 45.3 Å². The van der Waals surface area contributed by atoms with Gasteiger partial charge in [0.25, 0.3) is 0 Å². The van der Waals surface area contributed by atoms with E-state index in [4.69, 9.17) is 0 Å². The number of piperidine rings is 1. The molecule has 7 heteroatoms. The van der Waals surface area contributed by atoms with E-state index in [0.29, 0.717) is 11.5 Å². The molecule has 4 rings (SSSR count). The summed E-state index contributed by atoms with van der Waals surface area (Å²) in [4.78, 5) is 2.71. The normalized spacial score (nSPS) is 32.5. The average molecular weight is 416 g/mol. The Kier molecular flexibility index (Phi) is 5.78. The fourth-order valence-corrected chi connectivity index (χ4v) is 7.07. The first-order valence-electron chi connectivity index (χ1n) is 10.8. The zero-order valence-corrected chi connectivity index (χ0v) is 17.8. The van der Waals surface area contributed by atoms with Gasteiger partial charge in [0.15, 0.2) is 5.69 Å². The maximum Gasteiger partial charge on any atom is 0.435 e. The Balaban J connectivity index is 1.42. The monoisotopic (exact) mass is 415 g/mol. The van der Waals surface area contributed by atoms with Crippen LogP contribution in [0.4, 0.5) is 13.2 Å². The number of aromatic nitrogens is 2. The highest BCUT2D eigenvalue weighted by molar-refractivity contribution is 7.99. The van der Waals surface area contributed by atoms with Gasteiger partial charge in [-0.2, -0.15) is 30.0 Å². The Morgan fingerprint density at radius 2 is 1.93 bits per heavy atom. The molecule has 1 saturated carbocycles. The number of hydrogen-bond donors (Lipinski definition) is 0. The Labute approximate surface area is 170 Å². The van der Waals surface area contributed by atoms with Gasteiger partial charge in [0.05, 0.1) is 0 Å². The maximum absolute atomic E-state index is 13.2. The molecule has 1 aromatic rings. The van der Waals surface area contributed by atoms with Crippen molar-refractivity contribution in [2.45, 2.75) is 83.0 Å². The summed E-state index contributed by atoms with van der Waals surface area (Å²) in [6.45, 7) is 6.26. The summed E-state index contributed by atoms with van der Waals surface area (Å²) in [6.07, 6.45) is 3.80. The molecule has 3 nitrogen and oxygen atoms in total. The lowest BCUT2D eigenvalue weighted by atomic mass is 9.77. The van der Waals surface area contributed by atoms with E-state index in [1.54, 1.807) is 4.68 Å². The standard InChI is InChI=1S/C21H32F3N3S/c1-15(2)27-18(12-19(25-27)21(22,23)24)16-4-6-17(7-5-16)26-10-3-8-20(13-26)9-11-28-14-20/h12,15-17H,3-11,13-14H2,1-2H3/t16?,17?,20-/m1/s1. The first kappa shape index (κ1) is 20.6. The minimum Gasteiger partial charge on any atom is -0.300 e. The van der Waals surface area contributed by atoms with Crippen molar-refractivity contribution in [2.75, 3.05) is 24.6 Å². The summed E-state index contributed by atoms with van der Waals surface area (Å²) in [5, 5.41) is 3.89. The van der Waals surface area contributed by atoms with E-state index in [2.05, 4.69) is 21.8 Å². The van der Waals surface area contributed by atoms with Gasteiger partial charge in [0, 0.05) is 36.0 Å². The van der Waals surface area contributed by atoms with Crippen molar-refractivity contribution in [3.05, 3.63) is 17.5 Å². The molecule has 158 valence electrons. The molecule has 28 heavy (non-hydrogen) atoms. The van der Waals surface area contributed by atoms with E-state index in [9.17, 15) is 13.2 Å². The van der Waals surface area contributed by atoms with E-state index in [1.807, 2.05) is 13.8 Å². The van der Waals surface area contributed by atoms with Gasteiger partial charge in [-0.15, -0.1) is 0 Å². The molecule has 1 spiro atoms. The summed E-state index contributed by atoms with van der Waals surface area (Å²) in [7, 11) is 0. The molecule has 1 aliphatic carbocycles. The molecule has 3 fully saturated rings. The van der Waals surface area contributed by atoms with E-state index < -0.39 is 11.9 Å². The quantitative estimate of drug-likeness (QED) is 0.629. The van der Waals surface area contributed by atoms with Gasteiger partial charge in [0.2, 0.25) is 0 Å². The van der Waals surface area contributed by atoms with Crippen LogP contribution in [0.5, 0.6) is 0 Å². The van der Waals surface area contributed by atoms with Crippen molar-refractivity contribution in [2.24, 2.45) is 5.41 Å². The molecule has 3 heterocycles. The SMILES string of the molecule is CC(C)n1nc(C(F)(F)F)cc1C1CCC(N2CCC[C@@]3(CCSC3)C2)CC1. The molecule has 0 radical (unpaired) electrons. The van der Waals surface area contributed by atoms with Gasteiger partial charge in [0.1, 0.15) is 0 Å². The molecule has 0 amide bonds. The van der Waals surface area contributed by atoms with Gasteiger partial charge in [-0.1, -0.05) is 0 Å². The fourth-order valence-electron chi connectivity index (χ4n) is 5.53. The smallest absolute Gasteiger partial charge is 0.300 e. The first-order chi connectivity index (χ1) is 13.3. The molecule has 0 unspecified atom stereocenters. The van der Waals surface area contributed by atoms with Crippen LogP contribution in [0.25, 0.3) is 0 Å². The average Bonchev–Trinajstić information content (AvgIpc) is 3.29. The molecule has 3 aliphatic rings. The van der Waals surface area contributed by atoms with Crippen molar-refractivity contribution in [1.29, 1.82) is 0 Å². The van der Waals surface area contributed by atoms with Gasteiger partial charge >= 0.3 is 6.18 Å². The molecule has 1 atom stereocenters. The molecule has 0 bridgehead atoms. The van der Waals surface area contributed by atoms with E-state index in [-0.39, 0.29) is 12.0 Å². The molecule has 0 aromatic carbocycles. The number of alkyl halides is 3. The summed E-state index contributed by atoms with van der Waals surface area (Å²) >= 11 is 2.11. The Bertz CT molecular complexity index is 671. The predicted octanol–water partition coefficient (Wildman–Crippen LogP) is 5.73. The van der Waals surface area contributed by atoms with Gasteiger partial charge < -0.3 is 0 Å². The van der Waals surface area contributed by atoms with E-state index in [1.165, 1.54) is 49.9 Å². The highest BCUT2D eigenvalue weighted by Crippen LogP contribution is 2.45. The minimum atomic E-state index is -4.37. The van der Waals surface area contributed by atoms with Crippen LogP contribution in [0.1, 0.15) is 82.1 Å². The second-order valence-electron chi connectivity index (χ2n) is 9.37. The van der Waals surface area contributed by atoms with Crippen molar-refractivity contribution in [3.8, 4) is 0 Å². The highest BCUT2D eigenvalue weighted by atomic mass is 32.2. The van der Waals surface area contributed by atoms with Crippen LogP contribution in [0.15, 0.2) is 6.07 Å². The molecule has 1 aromatic heterocycles.